The molecule has 6 heteroatoms. The molecule has 0 radical (unpaired) electrons. The van der Waals surface area contributed by atoms with E-state index in [1.807, 2.05) is 0 Å². The fourth-order valence-electron chi connectivity index (χ4n) is 6.03. The quantitative estimate of drug-likeness (QED) is 0.652. The first kappa shape index (κ1) is 23.2. The van der Waals surface area contributed by atoms with Gasteiger partial charge in [-0.25, -0.2) is 0 Å². The maximum atomic E-state index is 13.8. The van der Waals surface area contributed by atoms with Gasteiger partial charge in [0.1, 0.15) is 6.04 Å². The number of hydrogen-bond donors (Lipinski definition) is 2. The van der Waals surface area contributed by atoms with Gasteiger partial charge in [-0.3, -0.25) is 9.59 Å². The van der Waals surface area contributed by atoms with E-state index in [0.717, 1.165) is 64.7 Å². The summed E-state index contributed by atoms with van der Waals surface area (Å²) in [6.45, 7) is 4.23. The molecule has 2 saturated heterocycles. The van der Waals surface area contributed by atoms with Crippen molar-refractivity contribution in [2.24, 2.45) is 11.8 Å². The van der Waals surface area contributed by atoms with Crippen LogP contribution in [0.2, 0.25) is 0 Å². The van der Waals surface area contributed by atoms with Gasteiger partial charge in [-0.15, -0.1) is 0 Å². The number of piperidine rings is 1. The molecule has 2 aliphatic heterocycles. The van der Waals surface area contributed by atoms with E-state index in [9.17, 15) is 9.59 Å². The molecule has 176 valence electrons. The minimum Gasteiger partial charge on any atom is -0.343 e. The van der Waals surface area contributed by atoms with Gasteiger partial charge >= 0.3 is 0 Å². The number of nitrogens with one attached hydrogen (secondary N) is 2. The van der Waals surface area contributed by atoms with Crippen molar-refractivity contribution >= 4 is 11.8 Å². The Morgan fingerprint density at radius 2 is 1.78 bits per heavy atom. The number of carbonyl (C=O) groups excluding carboxylic acids is 2. The standard InChI is InChI=1S/C26H40N4O2/c1-27-18-24(31)28-25(22-10-6-3-7-11-22)26(32)30-17-14-21-13-16-29(19-23(21)30)15-12-20-8-4-2-5-9-20/h2,4-5,8-9,21-23,25,27H,3,6-7,10-19H2,1H3,(H,28,31). The molecule has 2 heterocycles. The van der Waals surface area contributed by atoms with Crippen molar-refractivity contribution in [3.05, 3.63) is 35.9 Å². The second-order valence-corrected chi connectivity index (χ2v) is 9.95. The highest BCUT2D eigenvalue weighted by Gasteiger charge is 2.44. The normalized spacial score (nSPS) is 25.3. The van der Waals surface area contributed by atoms with Gasteiger partial charge in [-0.05, 0) is 63.1 Å². The molecule has 1 aromatic rings. The van der Waals surface area contributed by atoms with Crippen LogP contribution in [-0.2, 0) is 16.0 Å². The molecule has 32 heavy (non-hydrogen) atoms. The van der Waals surface area contributed by atoms with E-state index in [2.05, 4.69) is 50.8 Å². The Labute approximate surface area is 193 Å². The molecule has 2 amide bonds. The van der Waals surface area contributed by atoms with Crippen LogP contribution >= 0.6 is 0 Å². The Morgan fingerprint density at radius 1 is 1.03 bits per heavy atom. The Hall–Kier alpha value is -1.92. The molecule has 4 rings (SSSR count). The number of benzene rings is 1. The summed E-state index contributed by atoms with van der Waals surface area (Å²) in [6.07, 6.45) is 8.98. The summed E-state index contributed by atoms with van der Waals surface area (Å²) in [4.78, 5) is 30.9. The monoisotopic (exact) mass is 440 g/mol. The van der Waals surface area contributed by atoms with Crippen molar-refractivity contribution in [3.8, 4) is 0 Å². The molecular weight excluding hydrogens is 400 g/mol. The highest BCUT2D eigenvalue weighted by atomic mass is 16.2. The van der Waals surface area contributed by atoms with Gasteiger partial charge in [-0.2, -0.15) is 0 Å². The summed E-state index contributed by atoms with van der Waals surface area (Å²) in [5.41, 5.74) is 1.37. The summed E-state index contributed by atoms with van der Waals surface area (Å²) in [6, 6.07) is 10.6. The lowest BCUT2D eigenvalue weighted by atomic mass is 9.83. The SMILES string of the molecule is CNCC(=O)NC(C(=O)N1CCC2CCN(CCc3ccccc3)CC21)C1CCCCC1. The van der Waals surface area contributed by atoms with E-state index in [0.29, 0.717) is 12.0 Å². The summed E-state index contributed by atoms with van der Waals surface area (Å²) < 4.78 is 0. The minimum absolute atomic E-state index is 0.0692. The van der Waals surface area contributed by atoms with Crippen LogP contribution in [0.3, 0.4) is 0 Å². The van der Waals surface area contributed by atoms with Crippen LogP contribution in [0.4, 0.5) is 0 Å². The second kappa shape index (κ2) is 11.3. The fourth-order valence-corrected chi connectivity index (χ4v) is 6.03. The third-order valence-corrected chi connectivity index (χ3v) is 7.83. The number of fused-ring (bicyclic) bond motifs is 1. The summed E-state index contributed by atoms with van der Waals surface area (Å²) >= 11 is 0. The average Bonchev–Trinajstić information content (AvgIpc) is 3.25. The maximum absolute atomic E-state index is 13.8. The van der Waals surface area contributed by atoms with Crippen molar-refractivity contribution in [1.82, 2.24) is 20.4 Å². The zero-order valence-corrected chi connectivity index (χ0v) is 19.6. The smallest absolute Gasteiger partial charge is 0.245 e. The molecule has 3 fully saturated rings. The highest BCUT2D eigenvalue weighted by Crippen LogP contribution is 2.34. The molecule has 1 aliphatic carbocycles. The molecule has 1 saturated carbocycles. The first-order chi connectivity index (χ1) is 15.7. The topological polar surface area (TPSA) is 64.7 Å². The first-order valence-corrected chi connectivity index (χ1v) is 12.7. The third-order valence-electron chi connectivity index (χ3n) is 7.83. The second-order valence-electron chi connectivity index (χ2n) is 9.95. The van der Waals surface area contributed by atoms with Gasteiger partial charge in [0.2, 0.25) is 11.8 Å². The van der Waals surface area contributed by atoms with Crippen LogP contribution in [0.25, 0.3) is 0 Å². The molecule has 1 aromatic carbocycles. The number of carbonyl (C=O) groups is 2. The fraction of sp³-hybridized carbons (Fsp3) is 0.692. The summed E-state index contributed by atoms with van der Waals surface area (Å²) in [5, 5.41) is 6.03. The number of nitrogens with zero attached hydrogens (tertiary/aromatic N) is 2. The van der Waals surface area contributed by atoms with Crippen LogP contribution in [0.1, 0.15) is 50.5 Å². The van der Waals surface area contributed by atoms with Crippen molar-refractivity contribution in [2.45, 2.75) is 63.5 Å². The number of amides is 2. The van der Waals surface area contributed by atoms with Gasteiger partial charge in [0, 0.05) is 25.7 Å². The van der Waals surface area contributed by atoms with Crippen LogP contribution in [0.5, 0.6) is 0 Å². The summed E-state index contributed by atoms with van der Waals surface area (Å²) in [5.74, 6) is 0.972. The van der Waals surface area contributed by atoms with Gasteiger partial charge in [-0.1, -0.05) is 49.6 Å². The molecule has 0 spiro atoms. The number of rotatable bonds is 8. The molecule has 0 bridgehead atoms. The van der Waals surface area contributed by atoms with E-state index in [4.69, 9.17) is 0 Å². The van der Waals surface area contributed by atoms with Crippen LogP contribution in [0.15, 0.2) is 30.3 Å². The lowest BCUT2D eigenvalue weighted by Gasteiger charge is -2.40. The van der Waals surface area contributed by atoms with Gasteiger partial charge < -0.3 is 20.4 Å². The lowest BCUT2D eigenvalue weighted by molar-refractivity contribution is -0.140. The largest absolute Gasteiger partial charge is 0.343 e. The maximum Gasteiger partial charge on any atom is 0.245 e. The minimum atomic E-state index is -0.366. The zero-order valence-electron chi connectivity index (χ0n) is 19.6. The lowest BCUT2D eigenvalue weighted by Crippen LogP contribution is -2.58. The van der Waals surface area contributed by atoms with E-state index < -0.39 is 0 Å². The van der Waals surface area contributed by atoms with Crippen LogP contribution in [-0.4, -0.2) is 73.5 Å². The number of likely N-dealkylation sites (tertiary alicyclic amines) is 2. The molecule has 3 atom stereocenters. The van der Waals surface area contributed by atoms with Gasteiger partial charge in [0.25, 0.3) is 0 Å². The Morgan fingerprint density at radius 3 is 2.53 bits per heavy atom. The molecular formula is C26H40N4O2. The predicted octanol–water partition coefficient (Wildman–Crippen LogP) is 2.44. The van der Waals surface area contributed by atoms with E-state index in [1.165, 1.54) is 18.4 Å². The Bertz CT molecular complexity index is 749. The number of likely N-dealkylation sites (N-methyl/N-ethyl adjacent to an activating group) is 1. The Kier molecular flexibility index (Phi) is 8.20. The predicted molar refractivity (Wildman–Crippen MR) is 127 cm³/mol. The van der Waals surface area contributed by atoms with E-state index in [-0.39, 0.29) is 30.3 Å². The van der Waals surface area contributed by atoms with Crippen LogP contribution in [0, 0.1) is 11.8 Å². The van der Waals surface area contributed by atoms with Crippen molar-refractivity contribution in [2.75, 3.05) is 39.8 Å². The van der Waals surface area contributed by atoms with Gasteiger partial charge in [0.15, 0.2) is 0 Å². The average molecular weight is 441 g/mol. The van der Waals surface area contributed by atoms with Crippen molar-refractivity contribution < 1.29 is 9.59 Å². The van der Waals surface area contributed by atoms with Crippen molar-refractivity contribution in [3.63, 3.8) is 0 Å². The van der Waals surface area contributed by atoms with Crippen molar-refractivity contribution in [1.29, 1.82) is 0 Å². The Balaban J connectivity index is 1.40. The first-order valence-electron chi connectivity index (χ1n) is 12.7. The van der Waals surface area contributed by atoms with Gasteiger partial charge in [0.05, 0.1) is 6.54 Å². The highest BCUT2D eigenvalue weighted by molar-refractivity contribution is 5.89. The molecule has 3 aliphatic rings. The van der Waals surface area contributed by atoms with Crippen LogP contribution < -0.4 is 10.6 Å². The third kappa shape index (κ3) is 5.70. The number of hydrogen-bond acceptors (Lipinski definition) is 4. The molecule has 6 nitrogen and oxygen atoms in total. The van der Waals surface area contributed by atoms with E-state index >= 15 is 0 Å². The molecule has 3 unspecified atom stereocenters. The zero-order chi connectivity index (χ0) is 22.3. The summed E-state index contributed by atoms with van der Waals surface area (Å²) in [7, 11) is 1.77. The molecule has 2 N–H and O–H groups in total. The molecule has 0 aromatic heterocycles. The van der Waals surface area contributed by atoms with E-state index in [1.54, 1.807) is 7.05 Å².